The van der Waals surface area contributed by atoms with E-state index in [-0.39, 0.29) is 10.6 Å². The van der Waals surface area contributed by atoms with Gasteiger partial charge in [0, 0.05) is 33.3 Å². The molecule has 2 aromatic heterocycles. The first kappa shape index (κ1) is 15.8. The van der Waals surface area contributed by atoms with E-state index in [4.69, 9.17) is 0 Å². The van der Waals surface area contributed by atoms with Gasteiger partial charge in [0.15, 0.2) is 0 Å². The van der Waals surface area contributed by atoms with Gasteiger partial charge < -0.3 is 4.57 Å². The summed E-state index contributed by atoms with van der Waals surface area (Å²) in [5, 5.41) is 18.1. The number of nitro benzene ring substituents is 1. The lowest BCUT2D eigenvalue weighted by Crippen LogP contribution is -1.94. The molecule has 0 radical (unpaired) electrons. The standard InChI is InChI=1S/C22H14N2O2S/c25-24(26)20-9-5-4-8-17(20)15-10-11-18-19-13-27-14-22(19)23(21(18)12-15)16-6-2-1-3-7-16/h1-14H. The molecule has 130 valence electrons. The summed E-state index contributed by atoms with van der Waals surface area (Å²) in [6, 6.07) is 23.2. The Kier molecular flexibility index (Phi) is 3.55. The summed E-state index contributed by atoms with van der Waals surface area (Å²) in [7, 11) is 0. The number of hydrogen-bond acceptors (Lipinski definition) is 3. The smallest absolute Gasteiger partial charge is 0.277 e. The predicted octanol–water partition coefficient (Wildman–Crippen LogP) is 6.42. The Balaban J connectivity index is 1.84. The predicted molar refractivity (Wildman–Crippen MR) is 111 cm³/mol. The summed E-state index contributed by atoms with van der Waals surface area (Å²) in [5.74, 6) is 0. The number of benzene rings is 3. The lowest BCUT2D eigenvalue weighted by atomic mass is 10.0. The molecular weight excluding hydrogens is 356 g/mol. The topological polar surface area (TPSA) is 48.1 Å². The Bertz CT molecular complexity index is 1300. The number of fused-ring (bicyclic) bond motifs is 3. The SMILES string of the molecule is O=[N+]([O-])c1ccccc1-c1ccc2c3cscc3n(-c3ccccc3)c2c1. The molecular formula is C22H14N2O2S. The minimum absolute atomic E-state index is 0.121. The molecule has 0 bridgehead atoms. The first-order valence-corrected chi connectivity index (χ1v) is 9.48. The summed E-state index contributed by atoms with van der Waals surface area (Å²) in [4.78, 5) is 11.1. The monoisotopic (exact) mass is 370 g/mol. The van der Waals surface area contributed by atoms with Crippen LogP contribution in [0.4, 0.5) is 5.69 Å². The van der Waals surface area contributed by atoms with Crippen LogP contribution in [0.15, 0.2) is 83.6 Å². The lowest BCUT2D eigenvalue weighted by Gasteiger charge is -2.08. The Hall–Kier alpha value is -3.44. The van der Waals surface area contributed by atoms with Crippen LogP contribution >= 0.6 is 11.3 Å². The van der Waals surface area contributed by atoms with Crippen molar-refractivity contribution in [3.63, 3.8) is 0 Å². The summed E-state index contributed by atoms with van der Waals surface area (Å²) in [6.45, 7) is 0. The summed E-state index contributed by atoms with van der Waals surface area (Å²) < 4.78 is 2.22. The number of aromatic nitrogens is 1. The van der Waals surface area contributed by atoms with Crippen molar-refractivity contribution in [2.45, 2.75) is 0 Å². The molecule has 0 fully saturated rings. The molecule has 5 aromatic rings. The van der Waals surface area contributed by atoms with Crippen LogP contribution in [-0.2, 0) is 0 Å². The second kappa shape index (κ2) is 6.07. The van der Waals surface area contributed by atoms with E-state index >= 15 is 0 Å². The molecule has 4 nitrogen and oxygen atoms in total. The summed E-state index contributed by atoms with van der Waals surface area (Å²) in [6.07, 6.45) is 0. The number of hydrogen-bond donors (Lipinski definition) is 0. The first-order valence-electron chi connectivity index (χ1n) is 8.53. The van der Waals surface area contributed by atoms with E-state index in [0.717, 1.165) is 27.7 Å². The number of thiophene rings is 1. The first-order chi connectivity index (χ1) is 13.2. The van der Waals surface area contributed by atoms with Crippen molar-refractivity contribution >= 4 is 38.8 Å². The Morgan fingerprint density at radius 1 is 0.815 bits per heavy atom. The largest absolute Gasteiger partial charge is 0.308 e. The van der Waals surface area contributed by atoms with Gasteiger partial charge in [-0.3, -0.25) is 10.1 Å². The van der Waals surface area contributed by atoms with E-state index in [1.807, 2.05) is 30.3 Å². The van der Waals surface area contributed by atoms with E-state index in [1.165, 1.54) is 5.39 Å². The quantitative estimate of drug-likeness (QED) is 0.272. The Labute approximate surface area is 159 Å². The van der Waals surface area contributed by atoms with Crippen molar-refractivity contribution in [2.75, 3.05) is 0 Å². The normalized spacial score (nSPS) is 11.3. The van der Waals surface area contributed by atoms with Crippen molar-refractivity contribution < 1.29 is 4.92 Å². The van der Waals surface area contributed by atoms with Crippen LogP contribution < -0.4 is 0 Å². The number of para-hydroxylation sites is 2. The van der Waals surface area contributed by atoms with Crippen LogP contribution in [0, 0.1) is 10.1 Å². The van der Waals surface area contributed by atoms with E-state index in [9.17, 15) is 10.1 Å². The van der Waals surface area contributed by atoms with E-state index in [1.54, 1.807) is 29.5 Å². The zero-order valence-corrected chi connectivity index (χ0v) is 15.0. The van der Waals surface area contributed by atoms with Gasteiger partial charge in [-0.15, -0.1) is 11.3 Å². The molecule has 0 spiro atoms. The molecule has 0 amide bonds. The van der Waals surface area contributed by atoms with Crippen molar-refractivity contribution in [3.05, 3.63) is 93.7 Å². The highest BCUT2D eigenvalue weighted by molar-refractivity contribution is 7.09. The van der Waals surface area contributed by atoms with Gasteiger partial charge in [0.25, 0.3) is 5.69 Å². The van der Waals surface area contributed by atoms with Gasteiger partial charge in [-0.05, 0) is 29.8 Å². The van der Waals surface area contributed by atoms with Gasteiger partial charge in [-0.2, -0.15) is 0 Å². The Morgan fingerprint density at radius 3 is 2.41 bits per heavy atom. The van der Waals surface area contributed by atoms with Gasteiger partial charge >= 0.3 is 0 Å². The number of nitro groups is 1. The molecule has 0 aliphatic carbocycles. The molecule has 5 heteroatoms. The van der Waals surface area contributed by atoms with Gasteiger partial charge in [0.05, 0.1) is 21.5 Å². The maximum Gasteiger partial charge on any atom is 0.277 e. The van der Waals surface area contributed by atoms with Crippen LogP contribution in [0.5, 0.6) is 0 Å². The third-order valence-electron chi connectivity index (χ3n) is 4.84. The molecule has 0 unspecified atom stereocenters. The maximum atomic E-state index is 11.4. The van der Waals surface area contributed by atoms with E-state index < -0.39 is 0 Å². The average Bonchev–Trinajstić information content (AvgIpc) is 3.28. The van der Waals surface area contributed by atoms with Gasteiger partial charge in [0.2, 0.25) is 0 Å². The van der Waals surface area contributed by atoms with Crippen molar-refractivity contribution in [1.29, 1.82) is 0 Å². The minimum atomic E-state index is -0.325. The fraction of sp³-hybridized carbons (Fsp3) is 0. The van der Waals surface area contributed by atoms with Gasteiger partial charge in [-0.25, -0.2) is 0 Å². The van der Waals surface area contributed by atoms with Crippen molar-refractivity contribution in [1.82, 2.24) is 4.57 Å². The molecule has 0 aliphatic heterocycles. The highest BCUT2D eigenvalue weighted by Crippen LogP contribution is 2.38. The third kappa shape index (κ3) is 2.44. The number of nitrogens with zero attached hydrogens (tertiary/aromatic N) is 2. The zero-order valence-electron chi connectivity index (χ0n) is 14.2. The fourth-order valence-electron chi connectivity index (χ4n) is 3.64. The zero-order chi connectivity index (χ0) is 18.4. The molecule has 0 N–H and O–H groups in total. The highest BCUT2D eigenvalue weighted by Gasteiger charge is 2.17. The van der Waals surface area contributed by atoms with Crippen LogP contribution in [-0.4, -0.2) is 9.49 Å². The number of rotatable bonds is 3. The molecule has 27 heavy (non-hydrogen) atoms. The second-order valence-corrected chi connectivity index (χ2v) is 7.09. The van der Waals surface area contributed by atoms with Crippen molar-refractivity contribution in [3.8, 4) is 16.8 Å². The molecule has 0 saturated carbocycles. The second-order valence-electron chi connectivity index (χ2n) is 6.35. The van der Waals surface area contributed by atoms with Gasteiger partial charge in [-0.1, -0.05) is 42.5 Å². The Morgan fingerprint density at radius 2 is 1.59 bits per heavy atom. The molecule has 0 saturated heterocycles. The lowest BCUT2D eigenvalue weighted by molar-refractivity contribution is -0.384. The summed E-state index contributed by atoms with van der Waals surface area (Å²) in [5.41, 5.74) is 4.88. The van der Waals surface area contributed by atoms with Crippen LogP contribution in [0.25, 0.3) is 38.6 Å². The van der Waals surface area contributed by atoms with Crippen LogP contribution in [0.2, 0.25) is 0 Å². The molecule has 5 rings (SSSR count). The maximum absolute atomic E-state index is 11.4. The highest BCUT2D eigenvalue weighted by atomic mass is 32.1. The summed E-state index contributed by atoms with van der Waals surface area (Å²) >= 11 is 1.68. The average molecular weight is 370 g/mol. The fourth-order valence-corrected chi connectivity index (χ4v) is 4.45. The molecule has 0 aliphatic rings. The van der Waals surface area contributed by atoms with Crippen LogP contribution in [0.1, 0.15) is 0 Å². The molecule has 2 heterocycles. The molecule has 3 aromatic carbocycles. The minimum Gasteiger partial charge on any atom is -0.308 e. The van der Waals surface area contributed by atoms with E-state index in [0.29, 0.717) is 5.56 Å². The van der Waals surface area contributed by atoms with Crippen LogP contribution in [0.3, 0.4) is 0 Å². The van der Waals surface area contributed by atoms with Crippen molar-refractivity contribution in [2.24, 2.45) is 0 Å². The third-order valence-corrected chi connectivity index (χ3v) is 5.57. The van der Waals surface area contributed by atoms with Gasteiger partial charge in [0.1, 0.15) is 0 Å². The van der Waals surface area contributed by atoms with E-state index in [2.05, 4.69) is 39.6 Å². The molecule has 0 atom stereocenters.